The normalized spacial score (nSPS) is 10.4. The summed E-state index contributed by atoms with van der Waals surface area (Å²) in [5.41, 5.74) is 1.97. The lowest BCUT2D eigenvalue weighted by molar-refractivity contribution is -0.133. The molecule has 0 aliphatic heterocycles. The van der Waals surface area contributed by atoms with Crippen LogP contribution in [0.25, 0.3) is 11.5 Å². The van der Waals surface area contributed by atoms with Crippen molar-refractivity contribution in [3.05, 3.63) is 29.8 Å². The van der Waals surface area contributed by atoms with Crippen LogP contribution in [0.15, 0.2) is 33.9 Å². The lowest BCUT2D eigenvalue weighted by Crippen LogP contribution is -1.97. The van der Waals surface area contributed by atoms with Crippen molar-refractivity contribution in [3.63, 3.8) is 0 Å². The van der Waals surface area contributed by atoms with Gasteiger partial charge in [0, 0.05) is 5.56 Å². The van der Waals surface area contributed by atoms with Crippen LogP contribution in [0.1, 0.15) is 5.56 Å². The third-order valence-corrected chi connectivity index (χ3v) is 2.83. The van der Waals surface area contributed by atoms with Crippen LogP contribution in [-0.2, 0) is 4.79 Å². The van der Waals surface area contributed by atoms with Crippen molar-refractivity contribution in [2.75, 3.05) is 5.75 Å². The number of rotatable bonds is 4. The highest BCUT2D eigenvalue weighted by Gasteiger charge is 2.10. The fourth-order valence-electron chi connectivity index (χ4n) is 1.20. The van der Waals surface area contributed by atoms with E-state index in [9.17, 15) is 4.79 Å². The molecule has 1 aromatic heterocycles. The molecule has 88 valence electrons. The number of aryl methyl sites for hydroxylation is 1. The van der Waals surface area contributed by atoms with Gasteiger partial charge in [0.2, 0.25) is 5.89 Å². The maximum absolute atomic E-state index is 10.4. The van der Waals surface area contributed by atoms with Gasteiger partial charge in [-0.3, -0.25) is 4.79 Å². The van der Waals surface area contributed by atoms with Crippen molar-refractivity contribution in [1.82, 2.24) is 10.2 Å². The van der Waals surface area contributed by atoms with Gasteiger partial charge in [-0.25, -0.2) is 0 Å². The van der Waals surface area contributed by atoms with Gasteiger partial charge in [-0.15, -0.1) is 10.2 Å². The molecule has 17 heavy (non-hydrogen) atoms. The molecule has 0 saturated heterocycles. The van der Waals surface area contributed by atoms with Crippen LogP contribution in [0.2, 0.25) is 0 Å². The average Bonchev–Trinajstić information content (AvgIpc) is 2.76. The first-order valence-electron chi connectivity index (χ1n) is 4.90. The lowest BCUT2D eigenvalue weighted by atomic mass is 10.1. The lowest BCUT2D eigenvalue weighted by Gasteiger charge is -1.95. The van der Waals surface area contributed by atoms with E-state index in [0.717, 1.165) is 22.9 Å². The zero-order valence-corrected chi connectivity index (χ0v) is 9.90. The third kappa shape index (κ3) is 3.07. The van der Waals surface area contributed by atoms with E-state index in [1.165, 1.54) is 0 Å². The number of carboxylic acid groups (broad SMARTS) is 1. The minimum Gasteiger partial charge on any atom is -0.481 e. The van der Waals surface area contributed by atoms with Crippen molar-refractivity contribution in [1.29, 1.82) is 0 Å². The van der Waals surface area contributed by atoms with Crippen molar-refractivity contribution >= 4 is 17.7 Å². The SMILES string of the molecule is Cc1ccc(-c2nnc(SCC(=O)O)o2)cc1. The van der Waals surface area contributed by atoms with Gasteiger partial charge in [-0.05, 0) is 19.1 Å². The van der Waals surface area contributed by atoms with Gasteiger partial charge >= 0.3 is 5.97 Å². The predicted octanol–water partition coefficient (Wildman–Crippen LogP) is 2.22. The highest BCUT2D eigenvalue weighted by Crippen LogP contribution is 2.23. The first kappa shape index (κ1) is 11.7. The van der Waals surface area contributed by atoms with Crippen LogP contribution in [0.5, 0.6) is 0 Å². The summed E-state index contributed by atoms with van der Waals surface area (Å²) >= 11 is 1.01. The molecule has 0 saturated carbocycles. The van der Waals surface area contributed by atoms with Gasteiger partial charge < -0.3 is 9.52 Å². The smallest absolute Gasteiger partial charge is 0.314 e. The Kier molecular flexibility index (Phi) is 3.43. The van der Waals surface area contributed by atoms with Crippen LogP contribution >= 0.6 is 11.8 Å². The Morgan fingerprint density at radius 3 is 2.71 bits per heavy atom. The minimum atomic E-state index is -0.912. The fourth-order valence-corrected chi connectivity index (χ4v) is 1.69. The van der Waals surface area contributed by atoms with Gasteiger partial charge in [0.1, 0.15) is 5.75 Å². The summed E-state index contributed by atoms with van der Waals surface area (Å²) in [5.74, 6) is -0.599. The molecule has 0 aliphatic rings. The van der Waals surface area contributed by atoms with Gasteiger partial charge in [-0.2, -0.15) is 0 Å². The third-order valence-electron chi connectivity index (χ3n) is 2.02. The Labute approximate surface area is 102 Å². The molecule has 0 radical (unpaired) electrons. The Bertz CT molecular complexity index is 522. The summed E-state index contributed by atoms with van der Waals surface area (Å²) in [4.78, 5) is 10.4. The molecule has 1 heterocycles. The number of carboxylic acids is 1. The maximum atomic E-state index is 10.4. The molecule has 2 rings (SSSR count). The van der Waals surface area contributed by atoms with E-state index < -0.39 is 5.97 Å². The summed E-state index contributed by atoms with van der Waals surface area (Å²) in [6, 6.07) is 7.66. The van der Waals surface area contributed by atoms with Gasteiger partial charge in [0.05, 0.1) is 0 Å². The van der Waals surface area contributed by atoms with Crippen LogP contribution in [0.4, 0.5) is 0 Å². The molecule has 1 N–H and O–H groups in total. The second kappa shape index (κ2) is 5.01. The van der Waals surface area contributed by atoms with Crippen LogP contribution in [0, 0.1) is 6.92 Å². The first-order chi connectivity index (χ1) is 8.15. The highest BCUT2D eigenvalue weighted by atomic mass is 32.2. The monoisotopic (exact) mass is 250 g/mol. The van der Waals surface area contributed by atoms with Crippen molar-refractivity contribution < 1.29 is 14.3 Å². The summed E-state index contributed by atoms with van der Waals surface area (Å²) in [7, 11) is 0. The zero-order chi connectivity index (χ0) is 12.3. The number of aliphatic carboxylic acids is 1. The van der Waals surface area contributed by atoms with E-state index in [1.54, 1.807) is 0 Å². The Morgan fingerprint density at radius 2 is 2.06 bits per heavy atom. The standard InChI is InChI=1S/C11H10N2O3S/c1-7-2-4-8(5-3-7)10-12-13-11(16-10)17-6-9(14)15/h2-5H,6H2,1H3,(H,14,15). The summed E-state index contributed by atoms with van der Waals surface area (Å²) in [5, 5.41) is 16.4. The molecular weight excluding hydrogens is 240 g/mol. The molecule has 0 spiro atoms. The van der Waals surface area contributed by atoms with Crippen LogP contribution < -0.4 is 0 Å². The second-order valence-corrected chi connectivity index (χ2v) is 4.35. The number of thioether (sulfide) groups is 1. The first-order valence-corrected chi connectivity index (χ1v) is 5.89. The van der Waals surface area contributed by atoms with Crippen LogP contribution in [0.3, 0.4) is 0 Å². The number of benzene rings is 1. The molecule has 5 nitrogen and oxygen atoms in total. The molecule has 0 atom stereocenters. The Hall–Kier alpha value is -1.82. The molecule has 0 unspecified atom stereocenters. The molecule has 1 aromatic carbocycles. The summed E-state index contributed by atoms with van der Waals surface area (Å²) in [6.45, 7) is 1.99. The summed E-state index contributed by atoms with van der Waals surface area (Å²) < 4.78 is 5.34. The molecule has 0 fully saturated rings. The van der Waals surface area contributed by atoms with Gasteiger partial charge in [0.15, 0.2) is 0 Å². The molecule has 6 heteroatoms. The Morgan fingerprint density at radius 1 is 1.35 bits per heavy atom. The minimum absolute atomic E-state index is 0.0878. The number of aromatic nitrogens is 2. The van der Waals surface area contributed by atoms with Crippen molar-refractivity contribution in [3.8, 4) is 11.5 Å². The molecule has 0 amide bonds. The predicted molar refractivity (Wildman–Crippen MR) is 62.8 cm³/mol. The van der Waals surface area contributed by atoms with E-state index in [0.29, 0.717) is 5.89 Å². The van der Waals surface area contributed by atoms with E-state index >= 15 is 0 Å². The van der Waals surface area contributed by atoms with E-state index in [4.69, 9.17) is 9.52 Å². The van der Waals surface area contributed by atoms with Crippen LogP contribution in [-0.4, -0.2) is 27.0 Å². The van der Waals surface area contributed by atoms with Gasteiger partial charge in [0.25, 0.3) is 5.22 Å². The number of hydrogen-bond donors (Lipinski definition) is 1. The van der Waals surface area contributed by atoms with Crippen molar-refractivity contribution in [2.45, 2.75) is 12.1 Å². The quantitative estimate of drug-likeness (QED) is 0.838. The number of nitrogens with zero attached hydrogens (tertiary/aromatic N) is 2. The number of carbonyl (C=O) groups is 1. The molecule has 0 aliphatic carbocycles. The van der Waals surface area contributed by atoms with E-state index in [1.807, 2.05) is 31.2 Å². The Balaban J connectivity index is 2.12. The van der Waals surface area contributed by atoms with Crippen molar-refractivity contribution in [2.24, 2.45) is 0 Å². The average molecular weight is 250 g/mol. The largest absolute Gasteiger partial charge is 0.481 e. The second-order valence-electron chi connectivity index (χ2n) is 3.42. The van der Waals surface area contributed by atoms with E-state index in [2.05, 4.69) is 10.2 Å². The maximum Gasteiger partial charge on any atom is 0.314 e. The molecular formula is C11H10N2O3S. The van der Waals surface area contributed by atoms with Gasteiger partial charge in [-0.1, -0.05) is 29.5 Å². The topological polar surface area (TPSA) is 76.2 Å². The number of hydrogen-bond acceptors (Lipinski definition) is 5. The highest BCUT2D eigenvalue weighted by molar-refractivity contribution is 7.99. The summed E-state index contributed by atoms with van der Waals surface area (Å²) in [6.07, 6.45) is 0. The van der Waals surface area contributed by atoms with E-state index in [-0.39, 0.29) is 11.0 Å². The molecule has 2 aromatic rings. The zero-order valence-electron chi connectivity index (χ0n) is 9.08. The fraction of sp³-hybridized carbons (Fsp3) is 0.182. The molecule has 0 bridgehead atoms.